The smallest absolute Gasteiger partial charge is 0.269 e. The number of non-ortho nitro benzene ring substituents is 1. The lowest BCUT2D eigenvalue weighted by Gasteiger charge is -2.17. The van der Waals surface area contributed by atoms with Crippen molar-refractivity contribution < 1.29 is 14.5 Å². The van der Waals surface area contributed by atoms with Crippen molar-refractivity contribution in [2.45, 2.75) is 24.3 Å². The Kier molecular flexibility index (Phi) is 7.11. The molecule has 9 nitrogen and oxygen atoms in total. The quantitative estimate of drug-likeness (QED) is 0.163. The van der Waals surface area contributed by atoms with E-state index in [1.165, 1.54) is 28.8 Å². The molecule has 0 aliphatic rings. The molecule has 35 heavy (non-hydrogen) atoms. The summed E-state index contributed by atoms with van der Waals surface area (Å²) < 4.78 is 6.99. The molecule has 0 aliphatic carbocycles. The number of amides is 1. The first kappa shape index (κ1) is 24.0. The van der Waals surface area contributed by atoms with Crippen LogP contribution in [0, 0.1) is 10.1 Å². The molecule has 4 aromatic rings. The lowest BCUT2D eigenvalue weighted by Crippen LogP contribution is -2.26. The molecule has 0 saturated heterocycles. The van der Waals surface area contributed by atoms with Crippen LogP contribution in [0.2, 0.25) is 0 Å². The van der Waals surface area contributed by atoms with E-state index < -0.39 is 10.2 Å². The van der Waals surface area contributed by atoms with Gasteiger partial charge in [-0.15, -0.1) is 0 Å². The van der Waals surface area contributed by atoms with Crippen molar-refractivity contribution in [3.8, 4) is 11.4 Å². The largest absolute Gasteiger partial charge is 0.494 e. The van der Waals surface area contributed by atoms with E-state index in [1.807, 2.05) is 6.92 Å². The summed E-state index contributed by atoms with van der Waals surface area (Å²) in [6, 6.07) is 19.7. The van der Waals surface area contributed by atoms with Crippen molar-refractivity contribution in [3.05, 3.63) is 93.3 Å². The van der Waals surface area contributed by atoms with Crippen LogP contribution in [0.5, 0.6) is 5.75 Å². The number of para-hydroxylation sites is 1. The number of carbonyl (C=O) groups is 1. The molecule has 1 heterocycles. The fourth-order valence-corrected chi connectivity index (χ4v) is 4.33. The van der Waals surface area contributed by atoms with Crippen LogP contribution in [0.15, 0.2) is 82.7 Å². The predicted octanol–water partition coefficient (Wildman–Crippen LogP) is 4.81. The van der Waals surface area contributed by atoms with E-state index in [0.29, 0.717) is 39.8 Å². The lowest BCUT2D eigenvalue weighted by atomic mass is 10.2. The Morgan fingerprint density at radius 1 is 1.11 bits per heavy atom. The summed E-state index contributed by atoms with van der Waals surface area (Å²) >= 11 is 1.14. The Morgan fingerprint density at radius 2 is 1.80 bits per heavy atom. The number of anilines is 1. The van der Waals surface area contributed by atoms with Crippen LogP contribution in [0.4, 0.5) is 11.4 Å². The van der Waals surface area contributed by atoms with E-state index in [2.05, 4.69) is 10.3 Å². The third-order valence-electron chi connectivity index (χ3n) is 5.15. The summed E-state index contributed by atoms with van der Waals surface area (Å²) in [5, 5.41) is 13.8. The van der Waals surface area contributed by atoms with Gasteiger partial charge in [0.1, 0.15) is 5.75 Å². The molecule has 4 rings (SSSR count). The fraction of sp³-hybridized carbons (Fsp3) is 0.160. The molecular weight excluding hydrogens is 468 g/mol. The average Bonchev–Trinajstić information content (AvgIpc) is 2.85. The molecule has 0 saturated carbocycles. The molecule has 0 aliphatic heterocycles. The van der Waals surface area contributed by atoms with Gasteiger partial charge in [-0.05, 0) is 62.4 Å². The second-order valence-electron chi connectivity index (χ2n) is 7.53. The highest BCUT2D eigenvalue weighted by Gasteiger charge is 2.21. The molecule has 0 spiro atoms. The van der Waals surface area contributed by atoms with Crippen LogP contribution in [0.1, 0.15) is 13.8 Å². The molecule has 178 valence electrons. The molecule has 1 aromatic heterocycles. The van der Waals surface area contributed by atoms with E-state index in [9.17, 15) is 19.7 Å². The van der Waals surface area contributed by atoms with Gasteiger partial charge in [-0.2, -0.15) is 0 Å². The number of nitrogens with zero attached hydrogens (tertiary/aromatic N) is 3. The van der Waals surface area contributed by atoms with E-state index in [4.69, 9.17) is 4.74 Å². The highest BCUT2D eigenvalue weighted by Crippen LogP contribution is 2.27. The zero-order valence-electron chi connectivity index (χ0n) is 19.0. The minimum absolute atomic E-state index is 0.0647. The number of hydrogen-bond donors (Lipinski definition) is 1. The summed E-state index contributed by atoms with van der Waals surface area (Å²) in [5.74, 6) is 0.354. The first-order valence-corrected chi connectivity index (χ1v) is 11.7. The third-order valence-corrected chi connectivity index (χ3v) is 6.20. The predicted molar refractivity (Wildman–Crippen MR) is 136 cm³/mol. The molecule has 10 heteroatoms. The molecule has 0 radical (unpaired) electrons. The fourth-order valence-electron chi connectivity index (χ4n) is 3.40. The number of nitrogens with one attached hydrogen (secondary N) is 1. The van der Waals surface area contributed by atoms with Crippen LogP contribution < -0.4 is 15.6 Å². The summed E-state index contributed by atoms with van der Waals surface area (Å²) in [5.41, 5.74) is 1.26. The van der Waals surface area contributed by atoms with Gasteiger partial charge in [0.05, 0.1) is 33.4 Å². The van der Waals surface area contributed by atoms with Gasteiger partial charge in [0, 0.05) is 17.8 Å². The van der Waals surface area contributed by atoms with Crippen molar-refractivity contribution >= 4 is 39.9 Å². The molecular formula is C25H22N4O5S. The summed E-state index contributed by atoms with van der Waals surface area (Å²) in [6.45, 7) is 4.12. The van der Waals surface area contributed by atoms with Crippen molar-refractivity contribution in [1.82, 2.24) is 9.55 Å². The van der Waals surface area contributed by atoms with Gasteiger partial charge in [-0.1, -0.05) is 23.9 Å². The molecule has 3 aromatic carbocycles. The number of aromatic nitrogens is 2. The lowest BCUT2D eigenvalue weighted by molar-refractivity contribution is -0.384. The van der Waals surface area contributed by atoms with Gasteiger partial charge in [0.2, 0.25) is 5.91 Å². The van der Waals surface area contributed by atoms with Gasteiger partial charge in [0.25, 0.3) is 11.2 Å². The maximum atomic E-state index is 13.4. The van der Waals surface area contributed by atoms with Crippen LogP contribution in [-0.2, 0) is 4.79 Å². The first-order valence-electron chi connectivity index (χ1n) is 10.8. The van der Waals surface area contributed by atoms with Crippen molar-refractivity contribution in [3.63, 3.8) is 0 Å². The number of rotatable bonds is 8. The monoisotopic (exact) mass is 490 g/mol. The highest BCUT2D eigenvalue weighted by atomic mass is 32.2. The van der Waals surface area contributed by atoms with Gasteiger partial charge in [-0.3, -0.25) is 24.3 Å². The number of hydrogen-bond acceptors (Lipinski definition) is 7. The van der Waals surface area contributed by atoms with Gasteiger partial charge < -0.3 is 10.1 Å². The van der Waals surface area contributed by atoms with Gasteiger partial charge in [0.15, 0.2) is 5.16 Å². The number of benzene rings is 3. The zero-order valence-corrected chi connectivity index (χ0v) is 19.8. The Bertz CT molecular complexity index is 1440. The van der Waals surface area contributed by atoms with Gasteiger partial charge >= 0.3 is 0 Å². The number of carbonyl (C=O) groups excluding carboxylic acids is 1. The maximum absolute atomic E-state index is 13.4. The molecule has 0 fully saturated rings. The van der Waals surface area contributed by atoms with Crippen molar-refractivity contribution in [2.24, 2.45) is 0 Å². The van der Waals surface area contributed by atoms with Crippen LogP contribution in [0.25, 0.3) is 16.6 Å². The number of ether oxygens (including phenoxy) is 1. The Labute approximate surface area is 204 Å². The van der Waals surface area contributed by atoms with E-state index >= 15 is 0 Å². The standard InChI is InChI=1S/C25H22N4O5S/c1-3-34-20-14-12-18(13-15-20)28-24(31)21-6-4-5-7-22(21)27-25(28)35-16(2)23(30)26-17-8-10-19(11-9-17)29(32)33/h4-16H,3H2,1-2H3,(H,26,30). The molecule has 1 atom stereocenters. The van der Waals surface area contributed by atoms with Crippen molar-refractivity contribution in [1.29, 1.82) is 0 Å². The van der Waals surface area contributed by atoms with Gasteiger partial charge in [-0.25, -0.2) is 4.98 Å². The summed E-state index contributed by atoms with van der Waals surface area (Å²) in [7, 11) is 0. The Hall–Kier alpha value is -4.18. The minimum atomic E-state index is -0.618. The molecule has 1 N–H and O–H groups in total. The average molecular weight is 491 g/mol. The van der Waals surface area contributed by atoms with E-state index in [0.717, 1.165) is 11.8 Å². The van der Waals surface area contributed by atoms with Crippen molar-refractivity contribution in [2.75, 3.05) is 11.9 Å². The second-order valence-corrected chi connectivity index (χ2v) is 8.84. The first-order chi connectivity index (χ1) is 16.9. The summed E-state index contributed by atoms with van der Waals surface area (Å²) in [4.78, 5) is 41.3. The number of nitro groups is 1. The Morgan fingerprint density at radius 3 is 2.46 bits per heavy atom. The van der Waals surface area contributed by atoms with Crippen LogP contribution >= 0.6 is 11.8 Å². The van der Waals surface area contributed by atoms with Crippen LogP contribution in [-0.4, -0.2) is 32.2 Å². The van der Waals surface area contributed by atoms with E-state index in [1.54, 1.807) is 55.5 Å². The van der Waals surface area contributed by atoms with Crippen LogP contribution in [0.3, 0.4) is 0 Å². The molecule has 1 amide bonds. The minimum Gasteiger partial charge on any atom is -0.494 e. The number of fused-ring (bicyclic) bond motifs is 1. The maximum Gasteiger partial charge on any atom is 0.269 e. The SMILES string of the molecule is CCOc1ccc(-n2c(SC(C)C(=O)Nc3ccc([N+](=O)[O-])cc3)nc3ccccc3c2=O)cc1. The number of thioether (sulfide) groups is 1. The van der Waals surface area contributed by atoms with E-state index in [-0.39, 0.29) is 17.2 Å². The highest BCUT2D eigenvalue weighted by molar-refractivity contribution is 8.00. The third kappa shape index (κ3) is 5.33. The number of nitro benzene ring substituents is 1. The Balaban J connectivity index is 1.65. The molecule has 1 unspecified atom stereocenters. The topological polar surface area (TPSA) is 116 Å². The summed E-state index contributed by atoms with van der Waals surface area (Å²) in [6.07, 6.45) is 0. The normalized spacial score (nSPS) is 11.7. The molecule has 0 bridgehead atoms. The second kappa shape index (κ2) is 10.4. The zero-order chi connectivity index (χ0) is 24.9.